The largest absolute Gasteiger partial charge is 0.314 e. The monoisotopic (exact) mass is 292 g/mol. The summed E-state index contributed by atoms with van der Waals surface area (Å²) in [5.74, 6) is -0.450. The van der Waals surface area contributed by atoms with Gasteiger partial charge in [0, 0.05) is 43.7 Å². The molecule has 2 rings (SSSR count). The van der Waals surface area contributed by atoms with Gasteiger partial charge in [-0.15, -0.1) is 0 Å². The minimum absolute atomic E-state index is 0.330. The second-order valence-corrected chi connectivity index (χ2v) is 5.00. The summed E-state index contributed by atoms with van der Waals surface area (Å²) < 4.78 is 38.9. The van der Waals surface area contributed by atoms with Crippen molar-refractivity contribution in [1.82, 2.24) is 10.2 Å². The Labute approximate surface area is 115 Å². The third kappa shape index (κ3) is 3.84. The molecule has 1 aromatic rings. The number of alkyl halides is 2. The molecule has 0 bridgehead atoms. The van der Waals surface area contributed by atoms with Crippen molar-refractivity contribution in [2.75, 3.05) is 26.2 Å². The van der Waals surface area contributed by atoms with Gasteiger partial charge in [0.1, 0.15) is 5.82 Å². The van der Waals surface area contributed by atoms with E-state index in [2.05, 4.69) is 5.32 Å². The standard InChI is InChI=1S/C13H16ClF3N2/c14-11-2-1-9(15)7-10(11)12(8-13(16)17)19-5-3-18-4-6-19/h1-2,7,12-13,18H,3-6,8H2/t12-/m0/s1. The van der Waals surface area contributed by atoms with Gasteiger partial charge in [-0.3, -0.25) is 4.90 Å². The highest BCUT2D eigenvalue weighted by Crippen LogP contribution is 2.32. The minimum Gasteiger partial charge on any atom is -0.314 e. The Bertz CT molecular complexity index is 422. The first-order chi connectivity index (χ1) is 9.08. The highest BCUT2D eigenvalue weighted by molar-refractivity contribution is 6.31. The summed E-state index contributed by atoms with van der Waals surface area (Å²) in [6.07, 6.45) is -2.78. The number of piperazine rings is 1. The van der Waals surface area contributed by atoms with Crippen molar-refractivity contribution in [2.45, 2.75) is 18.9 Å². The lowest BCUT2D eigenvalue weighted by molar-refractivity contribution is 0.0738. The molecule has 1 aliphatic heterocycles. The predicted molar refractivity (Wildman–Crippen MR) is 69.2 cm³/mol. The molecule has 0 aromatic heterocycles. The van der Waals surface area contributed by atoms with Crippen LogP contribution in [0.4, 0.5) is 13.2 Å². The maximum atomic E-state index is 13.3. The maximum absolute atomic E-state index is 13.3. The maximum Gasteiger partial charge on any atom is 0.240 e. The smallest absolute Gasteiger partial charge is 0.240 e. The first kappa shape index (κ1) is 14.6. The van der Waals surface area contributed by atoms with E-state index < -0.39 is 18.3 Å². The van der Waals surface area contributed by atoms with Crippen LogP contribution in [0.3, 0.4) is 0 Å². The molecule has 0 aliphatic carbocycles. The van der Waals surface area contributed by atoms with Crippen LogP contribution in [0, 0.1) is 5.82 Å². The third-order valence-corrected chi connectivity index (χ3v) is 3.66. The second-order valence-electron chi connectivity index (χ2n) is 4.59. The van der Waals surface area contributed by atoms with E-state index in [4.69, 9.17) is 11.6 Å². The van der Waals surface area contributed by atoms with E-state index in [-0.39, 0.29) is 6.42 Å². The number of halogens is 4. The molecule has 19 heavy (non-hydrogen) atoms. The Morgan fingerprint density at radius 1 is 1.26 bits per heavy atom. The lowest BCUT2D eigenvalue weighted by Crippen LogP contribution is -2.45. The molecule has 1 fully saturated rings. The Morgan fingerprint density at radius 2 is 1.95 bits per heavy atom. The number of rotatable bonds is 4. The van der Waals surface area contributed by atoms with Gasteiger partial charge in [0.05, 0.1) is 0 Å². The predicted octanol–water partition coefficient (Wildman–Crippen LogP) is 3.08. The van der Waals surface area contributed by atoms with Crippen LogP contribution in [0.5, 0.6) is 0 Å². The fourth-order valence-corrected chi connectivity index (χ4v) is 2.65. The van der Waals surface area contributed by atoms with Gasteiger partial charge >= 0.3 is 0 Å². The molecule has 1 N–H and O–H groups in total. The highest BCUT2D eigenvalue weighted by Gasteiger charge is 2.27. The molecule has 0 saturated carbocycles. The van der Waals surface area contributed by atoms with Gasteiger partial charge < -0.3 is 5.32 Å². The SMILES string of the molecule is Fc1ccc(Cl)c([C@H](CC(F)F)N2CCNCC2)c1. The van der Waals surface area contributed by atoms with E-state index in [0.29, 0.717) is 23.7 Å². The molecule has 1 aliphatic rings. The molecule has 2 nitrogen and oxygen atoms in total. The number of benzene rings is 1. The Balaban J connectivity index is 2.27. The van der Waals surface area contributed by atoms with Crippen molar-refractivity contribution in [3.8, 4) is 0 Å². The van der Waals surface area contributed by atoms with Gasteiger partial charge in [-0.2, -0.15) is 0 Å². The average Bonchev–Trinajstić information content (AvgIpc) is 2.40. The summed E-state index contributed by atoms with van der Waals surface area (Å²) in [7, 11) is 0. The first-order valence-corrected chi connectivity index (χ1v) is 6.63. The van der Waals surface area contributed by atoms with Crippen molar-refractivity contribution in [2.24, 2.45) is 0 Å². The topological polar surface area (TPSA) is 15.3 Å². The average molecular weight is 293 g/mol. The zero-order valence-electron chi connectivity index (χ0n) is 10.4. The molecule has 6 heteroatoms. The van der Waals surface area contributed by atoms with Crippen LogP contribution in [0.2, 0.25) is 5.02 Å². The Morgan fingerprint density at radius 3 is 2.58 bits per heavy atom. The van der Waals surface area contributed by atoms with Crippen molar-refractivity contribution < 1.29 is 13.2 Å². The van der Waals surface area contributed by atoms with Crippen LogP contribution in [-0.4, -0.2) is 37.5 Å². The molecular weight excluding hydrogens is 277 g/mol. The highest BCUT2D eigenvalue weighted by atomic mass is 35.5. The van der Waals surface area contributed by atoms with E-state index in [0.717, 1.165) is 13.1 Å². The van der Waals surface area contributed by atoms with Gasteiger partial charge in [-0.05, 0) is 23.8 Å². The Hall–Kier alpha value is -0.780. The Kier molecular flexibility index (Phi) is 5.07. The quantitative estimate of drug-likeness (QED) is 0.917. The van der Waals surface area contributed by atoms with Gasteiger partial charge in [0.25, 0.3) is 0 Å². The number of hydrogen-bond donors (Lipinski definition) is 1. The molecule has 106 valence electrons. The number of nitrogens with one attached hydrogen (secondary N) is 1. The minimum atomic E-state index is -2.45. The molecule has 1 heterocycles. The lowest BCUT2D eigenvalue weighted by Gasteiger charge is -2.35. The fourth-order valence-electron chi connectivity index (χ4n) is 2.41. The molecular formula is C13H16ClF3N2. The van der Waals surface area contributed by atoms with E-state index in [1.807, 2.05) is 4.90 Å². The molecule has 1 aromatic carbocycles. The molecule has 1 saturated heterocycles. The van der Waals surface area contributed by atoms with E-state index in [1.165, 1.54) is 18.2 Å². The summed E-state index contributed by atoms with van der Waals surface area (Å²) in [5.41, 5.74) is 0.448. The normalized spacial score (nSPS) is 18.8. The van der Waals surface area contributed by atoms with E-state index >= 15 is 0 Å². The van der Waals surface area contributed by atoms with Crippen LogP contribution in [-0.2, 0) is 0 Å². The summed E-state index contributed by atoms with van der Waals surface area (Å²) in [6.45, 7) is 2.80. The fraction of sp³-hybridized carbons (Fsp3) is 0.538. The van der Waals surface area contributed by atoms with E-state index in [9.17, 15) is 13.2 Å². The number of hydrogen-bond acceptors (Lipinski definition) is 2. The van der Waals surface area contributed by atoms with Crippen LogP contribution in [0.15, 0.2) is 18.2 Å². The van der Waals surface area contributed by atoms with Gasteiger partial charge in [-0.25, -0.2) is 13.2 Å². The van der Waals surface area contributed by atoms with E-state index in [1.54, 1.807) is 0 Å². The summed E-state index contributed by atoms with van der Waals surface area (Å²) >= 11 is 6.04. The molecule has 0 spiro atoms. The van der Waals surface area contributed by atoms with Crippen LogP contribution in [0.1, 0.15) is 18.0 Å². The first-order valence-electron chi connectivity index (χ1n) is 6.26. The van der Waals surface area contributed by atoms with Gasteiger partial charge in [0.2, 0.25) is 6.43 Å². The zero-order chi connectivity index (χ0) is 13.8. The molecule has 0 unspecified atom stereocenters. The zero-order valence-corrected chi connectivity index (χ0v) is 11.1. The molecule has 0 amide bonds. The van der Waals surface area contributed by atoms with Crippen LogP contribution >= 0.6 is 11.6 Å². The van der Waals surface area contributed by atoms with Crippen molar-refractivity contribution >= 4 is 11.6 Å². The summed E-state index contributed by atoms with van der Waals surface area (Å²) in [5, 5.41) is 3.50. The summed E-state index contributed by atoms with van der Waals surface area (Å²) in [4.78, 5) is 1.93. The third-order valence-electron chi connectivity index (χ3n) is 3.31. The summed E-state index contributed by atoms with van der Waals surface area (Å²) in [6, 6.07) is 3.39. The lowest BCUT2D eigenvalue weighted by atomic mass is 10.0. The number of nitrogens with zero attached hydrogens (tertiary/aromatic N) is 1. The molecule has 1 atom stereocenters. The van der Waals surface area contributed by atoms with Gasteiger partial charge in [-0.1, -0.05) is 11.6 Å². The second kappa shape index (κ2) is 6.59. The van der Waals surface area contributed by atoms with Crippen LogP contribution in [0.25, 0.3) is 0 Å². The van der Waals surface area contributed by atoms with Crippen molar-refractivity contribution in [1.29, 1.82) is 0 Å². The van der Waals surface area contributed by atoms with Crippen molar-refractivity contribution in [3.05, 3.63) is 34.6 Å². The van der Waals surface area contributed by atoms with Gasteiger partial charge in [0.15, 0.2) is 0 Å². The molecule has 0 radical (unpaired) electrons. The van der Waals surface area contributed by atoms with Crippen molar-refractivity contribution in [3.63, 3.8) is 0 Å². The van der Waals surface area contributed by atoms with Crippen LogP contribution < -0.4 is 5.32 Å².